The molecule has 0 aromatic heterocycles. The van der Waals surface area contributed by atoms with Crippen LogP contribution < -0.4 is 0 Å². The van der Waals surface area contributed by atoms with E-state index in [0.717, 1.165) is 25.7 Å². The minimum absolute atomic E-state index is 0.464. The van der Waals surface area contributed by atoms with Crippen molar-refractivity contribution >= 4 is 14.1 Å². The molecule has 0 unspecified atom stereocenters. The van der Waals surface area contributed by atoms with E-state index >= 15 is 0 Å². The maximum absolute atomic E-state index is 10.5. The minimum atomic E-state index is -1.31. The molecule has 2 nitrogen and oxygen atoms in total. The van der Waals surface area contributed by atoms with Crippen molar-refractivity contribution in [1.82, 2.24) is 0 Å². The van der Waals surface area contributed by atoms with Crippen molar-refractivity contribution in [3.63, 3.8) is 0 Å². The van der Waals surface area contributed by atoms with Gasteiger partial charge in [0.15, 0.2) is 0 Å². The van der Waals surface area contributed by atoms with Crippen molar-refractivity contribution in [1.29, 1.82) is 0 Å². The van der Waals surface area contributed by atoms with Gasteiger partial charge in [-0.05, 0) is 57.8 Å². The summed E-state index contributed by atoms with van der Waals surface area (Å²) in [6, 6.07) is 0. The predicted molar refractivity (Wildman–Crippen MR) is 79.1 cm³/mol. The van der Waals surface area contributed by atoms with Crippen molar-refractivity contribution in [3.05, 3.63) is 11.8 Å². The molecule has 18 heavy (non-hydrogen) atoms. The van der Waals surface area contributed by atoms with Gasteiger partial charge in [0.1, 0.15) is 5.78 Å². The van der Waals surface area contributed by atoms with Crippen LogP contribution in [0.3, 0.4) is 0 Å². The molecule has 2 aliphatic rings. The van der Waals surface area contributed by atoms with Gasteiger partial charge in [-0.3, -0.25) is 4.79 Å². The normalized spacial score (nSPS) is 20.6. The van der Waals surface area contributed by atoms with Crippen LogP contribution in [0.5, 0.6) is 0 Å². The maximum Gasteiger partial charge on any atom is 0.241 e. The second-order valence-corrected chi connectivity index (χ2v) is 10.7. The number of allylic oxidation sites excluding steroid dienone is 2. The van der Waals surface area contributed by atoms with E-state index in [4.69, 9.17) is 4.43 Å². The van der Waals surface area contributed by atoms with E-state index in [1.165, 1.54) is 37.9 Å². The fourth-order valence-corrected chi connectivity index (χ4v) is 3.21. The third-order valence-electron chi connectivity index (χ3n) is 3.10. The first-order chi connectivity index (χ1) is 8.47. The Kier molecular flexibility index (Phi) is 6.69. The lowest BCUT2D eigenvalue weighted by Crippen LogP contribution is -2.25. The minimum Gasteiger partial charge on any atom is -0.548 e. The van der Waals surface area contributed by atoms with Crippen LogP contribution >= 0.6 is 0 Å². The maximum atomic E-state index is 10.5. The molecule has 0 aromatic carbocycles. The van der Waals surface area contributed by atoms with Crippen molar-refractivity contribution in [2.75, 3.05) is 0 Å². The molecule has 0 amide bonds. The Balaban J connectivity index is 0.000000199. The van der Waals surface area contributed by atoms with Gasteiger partial charge in [-0.25, -0.2) is 0 Å². The van der Waals surface area contributed by atoms with Gasteiger partial charge in [0.2, 0.25) is 8.32 Å². The average Bonchev–Trinajstić information content (AvgIpc) is 2.30. The summed E-state index contributed by atoms with van der Waals surface area (Å²) in [7, 11) is -1.31. The van der Waals surface area contributed by atoms with E-state index < -0.39 is 8.32 Å². The molecule has 0 atom stereocenters. The van der Waals surface area contributed by atoms with E-state index in [2.05, 4.69) is 25.7 Å². The molecular formula is C15H28O2Si. The zero-order valence-electron chi connectivity index (χ0n) is 12.3. The van der Waals surface area contributed by atoms with Crippen LogP contribution in [0.4, 0.5) is 0 Å². The smallest absolute Gasteiger partial charge is 0.241 e. The molecule has 2 aliphatic carbocycles. The molecule has 0 N–H and O–H groups in total. The summed E-state index contributed by atoms with van der Waals surface area (Å²) in [6.45, 7) is 6.72. The standard InChI is InChI=1S/C9H18OSi.C6H10O/c1-11(2,3)10-9-7-5-4-6-8-9;7-6-4-2-1-3-5-6/h7H,4-6,8H2,1-3H3;1-5H2. The number of rotatable bonds is 2. The highest BCUT2D eigenvalue weighted by Crippen LogP contribution is 2.21. The number of hydrogen-bond acceptors (Lipinski definition) is 2. The monoisotopic (exact) mass is 268 g/mol. The zero-order chi connectivity index (χ0) is 13.4. The summed E-state index contributed by atoms with van der Waals surface area (Å²) in [5.41, 5.74) is 0. The Hall–Kier alpha value is -0.573. The second kappa shape index (κ2) is 7.77. The third kappa shape index (κ3) is 7.70. The fourth-order valence-electron chi connectivity index (χ4n) is 2.24. The quantitative estimate of drug-likeness (QED) is 0.671. The highest BCUT2D eigenvalue weighted by atomic mass is 28.4. The van der Waals surface area contributed by atoms with E-state index in [1.54, 1.807) is 0 Å². The van der Waals surface area contributed by atoms with Crippen molar-refractivity contribution in [2.24, 2.45) is 0 Å². The molecular weight excluding hydrogens is 240 g/mol. The van der Waals surface area contributed by atoms with Gasteiger partial charge in [0.05, 0.1) is 5.76 Å². The molecule has 0 radical (unpaired) electrons. The zero-order valence-corrected chi connectivity index (χ0v) is 13.3. The first kappa shape index (κ1) is 15.5. The fraction of sp³-hybridized carbons (Fsp3) is 0.800. The molecule has 0 aliphatic heterocycles. The molecule has 0 heterocycles. The Labute approximate surface area is 113 Å². The van der Waals surface area contributed by atoms with Gasteiger partial charge in [-0.1, -0.05) is 6.42 Å². The van der Waals surface area contributed by atoms with Crippen molar-refractivity contribution in [2.45, 2.75) is 77.4 Å². The lowest BCUT2D eigenvalue weighted by atomic mass is 10.00. The molecule has 1 saturated carbocycles. The summed E-state index contributed by atoms with van der Waals surface area (Å²) in [5, 5.41) is 0. The van der Waals surface area contributed by atoms with Crippen LogP contribution in [0.1, 0.15) is 57.8 Å². The summed E-state index contributed by atoms with van der Waals surface area (Å²) in [6.07, 6.45) is 12.6. The van der Waals surface area contributed by atoms with Gasteiger partial charge < -0.3 is 4.43 Å². The van der Waals surface area contributed by atoms with Gasteiger partial charge in [0.25, 0.3) is 0 Å². The van der Waals surface area contributed by atoms with E-state index in [0.29, 0.717) is 5.78 Å². The SMILES string of the molecule is C[Si](C)(C)OC1=CCCCC1.O=C1CCCCC1. The Morgan fingerprint density at radius 1 is 0.944 bits per heavy atom. The summed E-state index contributed by atoms with van der Waals surface area (Å²) >= 11 is 0. The van der Waals surface area contributed by atoms with Crippen LogP contribution in [0, 0.1) is 0 Å². The molecule has 0 bridgehead atoms. The van der Waals surface area contributed by atoms with Crippen LogP contribution in [0.15, 0.2) is 11.8 Å². The van der Waals surface area contributed by atoms with Gasteiger partial charge in [-0.2, -0.15) is 0 Å². The van der Waals surface area contributed by atoms with Gasteiger partial charge >= 0.3 is 0 Å². The predicted octanol–water partition coefficient (Wildman–Crippen LogP) is 4.82. The van der Waals surface area contributed by atoms with Crippen molar-refractivity contribution in [3.8, 4) is 0 Å². The van der Waals surface area contributed by atoms with Crippen LogP contribution in [0.2, 0.25) is 19.6 Å². The second-order valence-electron chi connectivity index (χ2n) is 6.23. The Bertz CT molecular complexity index is 281. The molecule has 3 heteroatoms. The summed E-state index contributed by atoms with van der Waals surface area (Å²) in [5.74, 6) is 1.72. The van der Waals surface area contributed by atoms with Crippen LogP contribution in [-0.2, 0) is 9.22 Å². The van der Waals surface area contributed by atoms with Crippen molar-refractivity contribution < 1.29 is 9.22 Å². The van der Waals surface area contributed by atoms with Gasteiger partial charge in [-0.15, -0.1) is 0 Å². The lowest BCUT2D eigenvalue weighted by Gasteiger charge is -2.23. The lowest BCUT2D eigenvalue weighted by molar-refractivity contribution is -0.120. The summed E-state index contributed by atoms with van der Waals surface area (Å²) in [4.78, 5) is 10.5. The summed E-state index contributed by atoms with van der Waals surface area (Å²) < 4.78 is 5.88. The first-order valence-corrected chi connectivity index (χ1v) is 10.8. The largest absolute Gasteiger partial charge is 0.548 e. The molecule has 0 aromatic rings. The topological polar surface area (TPSA) is 26.3 Å². The number of Topliss-reactive ketones (excluding diaryl/α,β-unsaturated/α-hetero) is 1. The number of carbonyl (C=O) groups excluding carboxylic acids is 1. The van der Waals surface area contributed by atoms with Gasteiger partial charge in [0, 0.05) is 19.3 Å². The first-order valence-electron chi connectivity index (χ1n) is 7.37. The highest BCUT2D eigenvalue weighted by molar-refractivity contribution is 6.70. The number of hydrogen-bond donors (Lipinski definition) is 0. The third-order valence-corrected chi connectivity index (χ3v) is 3.97. The number of ketones is 1. The van der Waals surface area contributed by atoms with Crippen LogP contribution in [-0.4, -0.2) is 14.1 Å². The molecule has 0 spiro atoms. The Morgan fingerprint density at radius 2 is 1.56 bits per heavy atom. The number of carbonyl (C=O) groups is 1. The highest BCUT2D eigenvalue weighted by Gasteiger charge is 2.18. The average molecular weight is 268 g/mol. The molecule has 1 fully saturated rings. The van der Waals surface area contributed by atoms with Crippen LogP contribution in [0.25, 0.3) is 0 Å². The van der Waals surface area contributed by atoms with E-state index in [1.807, 2.05) is 0 Å². The van der Waals surface area contributed by atoms with E-state index in [9.17, 15) is 4.79 Å². The molecule has 104 valence electrons. The molecule has 2 rings (SSSR count). The Morgan fingerprint density at radius 3 is 1.94 bits per heavy atom. The van der Waals surface area contributed by atoms with E-state index in [-0.39, 0.29) is 0 Å². The molecule has 0 saturated heterocycles.